The molecule has 0 unspecified atom stereocenters. The fraction of sp³-hybridized carbons (Fsp3) is 0.308. The van der Waals surface area contributed by atoms with Crippen molar-refractivity contribution in [2.24, 2.45) is 0 Å². The maximum absolute atomic E-state index is 13.7. The van der Waals surface area contributed by atoms with Gasteiger partial charge >= 0.3 is 0 Å². The van der Waals surface area contributed by atoms with Crippen molar-refractivity contribution in [2.45, 2.75) is 6.92 Å². The summed E-state index contributed by atoms with van der Waals surface area (Å²) in [5.41, 5.74) is 2.74. The number of hydrogen-bond acceptors (Lipinski definition) is 5. The maximum Gasteiger partial charge on any atom is 0.278 e. The van der Waals surface area contributed by atoms with E-state index in [1.165, 1.54) is 6.07 Å². The second-order valence-corrected chi connectivity index (χ2v) is 9.08. The average molecular weight is 484 g/mol. The first-order valence-electron chi connectivity index (χ1n) is 11.3. The van der Waals surface area contributed by atoms with Gasteiger partial charge in [0.1, 0.15) is 18.1 Å². The third-order valence-electron chi connectivity index (χ3n) is 6.45. The van der Waals surface area contributed by atoms with Crippen LogP contribution in [0.1, 0.15) is 5.56 Å². The predicted molar refractivity (Wildman–Crippen MR) is 132 cm³/mol. The molecule has 2 aromatic carbocycles. The number of furan rings is 1. The van der Waals surface area contributed by atoms with Gasteiger partial charge in [0.15, 0.2) is 5.76 Å². The number of aromatic nitrogens is 1. The Hall–Kier alpha value is -3.00. The average Bonchev–Trinajstić information content (AvgIpc) is 3.42. The van der Waals surface area contributed by atoms with E-state index >= 15 is 0 Å². The number of benzene rings is 2. The van der Waals surface area contributed by atoms with Crippen LogP contribution in [0, 0.1) is 12.9 Å². The van der Waals surface area contributed by atoms with Crippen LogP contribution < -0.4 is 4.74 Å². The largest absolute Gasteiger partial charge is 0.506 e. The highest BCUT2D eigenvalue weighted by molar-refractivity contribution is 6.33. The van der Waals surface area contributed by atoms with E-state index < -0.39 is 6.01 Å². The zero-order valence-corrected chi connectivity index (χ0v) is 20.0. The smallest absolute Gasteiger partial charge is 0.278 e. The number of piperazine rings is 1. The number of likely N-dealkylation sites (N-methyl/N-ethyl adjacent to an activating group) is 1. The number of aromatic hydroxyl groups is 1. The topological polar surface area (TPSA) is 54.0 Å². The number of phenols is 1. The highest BCUT2D eigenvalue weighted by Gasteiger charge is 2.21. The molecule has 3 heterocycles. The maximum atomic E-state index is 13.7. The molecule has 0 bridgehead atoms. The van der Waals surface area contributed by atoms with E-state index in [1.54, 1.807) is 18.2 Å². The minimum atomic E-state index is -0.671. The number of hydrogen-bond donors (Lipinski definition) is 1. The lowest BCUT2D eigenvalue weighted by Gasteiger charge is -2.32. The summed E-state index contributed by atoms with van der Waals surface area (Å²) in [6.45, 7) is 7.49. The molecular weight excluding hydrogens is 457 g/mol. The molecule has 0 radical (unpaired) electrons. The standard InChI is InChI=1S/C26H27ClFN3O3/c1-17-19(6-7-23(25(17)27)33-15-14-30-12-10-29(2)11-13-30)31-20(22-8-9-24(28)34-22)16-18-4-3-5-21(32)26(18)31/h3-9,16,32H,10-15H2,1-2H3. The van der Waals surface area contributed by atoms with E-state index in [0.29, 0.717) is 34.3 Å². The number of ether oxygens (including phenoxy) is 1. The lowest BCUT2D eigenvalue weighted by atomic mass is 10.1. The highest BCUT2D eigenvalue weighted by atomic mass is 35.5. The Labute approximate surface area is 202 Å². The highest BCUT2D eigenvalue weighted by Crippen LogP contribution is 2.40. The van der Waals surface area contributed by atoms with E-state index in [2.05, 4.69) is 16.8 Å². The SMILES string of the molecule is Cc1c(-n2c(-c3ccc(F)o3)cc3cccc(O)c32)ccc(OCCN2CCN(C)CC2)c1Cl. The fourth-order valence-corrected chi connectivity index (χ4v) is 4.70. The van der Waals surface area contributed by atoms with E-state index in [1.807, 2.05) is 35.8 Å². The van der Waals surface area contributed by atoms with E-state index in [4.69, 9.17) is 20.8 Å². The minimum Gasteiger partial charge on any atom is -0.506 e. The lowest BCUT2D eigenvalue weighted by molar-refractivity contribution is 0.134. The number of fused-ring (bicyclic) bond motifs is 1. The number of para-hydroxylation sites is 1. The summed E-state index contributed by atoms with van der Waals surface area (Å²) < 4.78 is 26.8. The van der Waals surface area contributed by atoms with Gasteiger partial charge in [-0.25, -0.2) is 0 Å². The molecule has 0 saturated carbocycles. The van der Waals surface area contributed by atoms with Crippen LogP contribution in [-0.2, 0) is 0 Å². The van der Waals surface area contributed by atoms with Gasteiger partial charge in [0.25, 0.3) is 6.01 Å². The van der Waals surface area contributed by atoms with Crippen molar-refractivity contribution in [3.8, 4) is 28.6 Å². The molecule has 5 rings (SSSR count). The van der Waals surface area contributed by atoms with Crippen molar-refractivity contribution < 1.29 is 18.7 Å². The summed E-state index contributed by atoms with van der Waals surface area (Å²) in [5.74, 6) is 1.08. The number of nitrogens with zero attached hydrogens (tertiary/aromatic N) is 3. The van der Waals surface area contributed by atoms with Crippen molar-refractivity contribution in [1.29, 1.82) is 0 Å². The van der Waals surface area contributed by atoms with Crippen LogP contribution in [0.15, 0.2) is 52.9 Å². The molecule has 0 atom stereocenters. The lowest BCUT2D eigenvalue weighted by Crippen LogP contribution is -2.45. The molecule has 8 heteroatoms. The monoisotopic (exact) mass is 483 g/mol. The van der Waals surface area contributed by atoms with Gasteiger partial charge in [-0.2, -0.15) is 4.39 Å². The van der Waals surface area contributed by atoms with E-state index in [9.17, 15) is 9.50 Å². The molecule has 178 valence electrons. The molecule has 1 fully saturated rings. The molecule has 2 aromatic heterocycles. The summed E-state index contributed by atoms with van der Waals surface area (Å²) in [4.78, 5) is 4.71. The normalized spacial score (nSPS) is 15.3. The Morgan fingerprint density at radius 3 is 2.62 bits per heavy atom. The molecule has 1 saturated heterocycles. The van der Waals surface area contributed by atoms with Crippen LogP contribution in [0.5, 0.6) is 11.5 Å². The third-order valence-corrected chi connectivity index (χ3v) is 6.92. The first-order chi connectivity index (χ1) is 16.4. The molecule has 1 aliphatic rings. The molecular formula is C26H27ClFN3O3. The Balaban J connectivity index is 1.47. The summed E-state index contributed by atoms with van der Waals surface area (Å²) in [6.07, 6.45) is 0. The molecule has 0 aliphatic carbocycles. The Morgan fingerprint density at radius 2 is 1.88 bits per heavy atom. The zero-order valence-electron chi connectivity index (χ0n) is 19.2. The van der Waals surface area contributed by atoms with Crippen LogP contribution in [0.3, 0.4) is 0 Å². The number of halogens is 2. The van der Waals surface area contributed by atoms with Gasteiger partial charge in [-0.05, 0) is 49.9 Å². The minimum absolute atomic E-state index is 0.110. The van der Waals surface area contributed by atoms with Gasteiger partial charge in [-0.15, -0.1) is 0 Å². The Morgan fingerprint density at radius 1 is 1.09 bits per heavy atom. The van der Waals surface area contributed by atoms with Crippen LogP contribution in [-0.4, -0.2) is 65.9 Å². The Kier molecular flexibility index (Phi) is 6.25. The summed E-state index contributed by atoms with van der Waals surface area (Å²) in [5, 5.41) is 12.0. The second kappa shape index (κ2) is 9.33. The first kappa shape index (κ1) is 22.8. The fourth-order valence-electron chi connectivity index (χ4n) is 4.48. The number of rotatable bonds is 6. The summed E-state index contributed by atoms with van der Waals surface area (Å²) in [6, 6.07) is 13.1. The van der Waals surface area contributed by atoms with Gasteiger partial charge in [0, 0.05) is 44.2 Å². The quantitative estimate of drug-likeness (QED) is 0.402. The number of phenolic OH excluding ortho intramolecular Hbond substituents is 1. The van der Waals surface area contributed by atoms with Crippen molar-refractivity contribution in [1.82, 2.24) is 14.4 Å². The second-order valence-electron chi connectivity index (χ2n) is 8.70. The molecule has 1 aliphatic heterocycles. The van der Waals surface area contributed by atoms with Crippen LogP contribution in [0.4, 0.5) is 4.39 Å². The van der Waals surface area contributed by atoms with E-state index in [-0.39, 0.29) is 5.75 Å². The predicted octanol–water partition coefficient (Wildman–Crippen LogP) is 5.32. The molecule has 0 amide bonds. The van der Waals surface area contributed by atoms with Crippen LogP contribution in [0.2, 0.25) is 5.02 Å². The van der Waals surface area contributed by atoms with Crippen molar-refractivity contribution in [3.05, 3.63) is 65.1 Å². The van der Waals surface area contributed by atoms with Crippen LogP contribution >= 0.6 is 11.6 Å². The summed E-state index contributed by atoms with van der Waals surface area (Å²) in [7, 11) is 2.14. The van der Waals surface area contributed by atoms with Gasteiger partial charge < -0.3 is 23.7 Å². The zero-order chi connectivity index (χ0) is 23.8. The van der Waals surface area contributed by atoms with Gasteiger partial charge in [0.05, 0.1) is 21.9 Å². The van der Waals surface area contributed by atoms with Crippen LogP contribution in [0.25, 0.3) is 28.0 Å². The Bertz CT molecular complexity index is 1320. The third kappa shape index (κ3) is 4.27. The molecule has 1 N–H and O–H groups in total. The van der Waals surface area contributed by atoms with Gasteiger partial charge in [-0.1, -0.05) is 23.7 Å². The van der Waals surface area contributed by atoms with Crippen molar-refractivity contribution in [2.75, 3.05) is 46.4 Å². The molecule has 4 aromatic rings. The van der Waals surface area contributed by atoms with Crippen molar-refractivity contribution in [3.63, 3.8) is 0 Å². The van der Waals surface area contributed by atoms with Gasteiger partial charge in [0.2, 0.25) is 0 Å². The molecule has 6 nitrogen and oxygen atoms in total. The van der Waals surface area contributed by atoms with Gasteiger partial charge in [-0.3, -0.25) is 4.90 Å². The molecule has 0 spiro atoms. The van der Waals surface area contributed by atoms with Crippen molar-refractivity contribution >= 4 is 22.5 Å². The van der Waals surface area contributed by atoms with E-state index in [0.717, 1.165) is 49.4 Å². The molecule has 34 heavy (non-hydrogen) atoms. The first-order valence-corrected chi connectivity index (χ1v) is 11.7. The summed E-state index contributed by atoms with van der Waals surface area (Å²) >= 11 is 6.74.